The lowest BCUT2D eigenvalue weighted by Gasteiger charge is -2.15. The summed E-state index contributed by atoms with van der Waals surface area (Å²) in [5, 5.41) is 12.5. The van der Waals surface area contributed by atoms with E-state index in [9.17, 15) is 18.7 Å². The van der Waals surface area contributed by atoms with Crippen LogP contribution in [-0.4, -0.2) is 28.9 Å². The third kappa shape index (κ3) is 4.42. The number of hydrogen-bond acceptors (Lipinski definition) is 5. The Bertz CT molecular complexity index is 1150. The van der Waals surface area contributed by atoms with Crippen LogP contribution in [0.3, 0.4) is 0 Å². The van der Waals surface area contributed by atoms with E-state index in [1.54, 1.807) is 24.3 Å². The SMILES string of the molecule is Cc1ccc(NCC(C)c2ccc3c(c2)OC(F)(F)O3)nc1-c1cccc(C(=O)O)c1. The van der Waals surface area contributed by atoms with E-state index in [4.69, 9.17) is 0 Å². The van der Waals surface area contributed by atoms with Gasteiger partial charge in [-0.15, -0.1) is 8.78 Å². The number of benzene rings is 2. The number of pyridine rings is 1. The molecule has 1 unspecified atom stereocenters. The van der Waals surface area contributed by atoms with Gasteiger partial charge in [0.2, 0.25) is 0 Å². The van der Waals surface area contributed by atoms with Crippen molar-refractivity contribution in [2.75, 3.05) is 11.9 Å². The van der Waals surface area contributed by atoms with Crippen LogP contribution in [0.4, 0.5) is 14.6 Å². The third-order valence-corrected chi connectivity index (χ3v) is 5.06. The molecule has 0 saturated heterocycles. The molecular formula is C23H20F2N2O4. The van der Waals surface area contributed by atoms with Crippen LogP contribution in [0, 0.1) is 6.92 Å². The molecule has 6 nitrogen and oxygen atoms in total. The van der Waals surface area contributed by atoms with Gasteiger partial charge < -0.3 is 19.9 Å². The highest BCUT2D eigenvalue weighted by molar-refractivity contribution is 5.89. The molecule has 0 fully saturated rings. The number of alkyl halides is 2. The summed E-state index contributed by atoms with van der Waals surface area (Å²) in [6, 6.07) is 15.1. The second-order valence-corrected chi connectivity index (χ2v) is 7.40. The van der Waals surface area contributed by atoms with Crippen molar-refractivity contribution < 1.29 is 28.2 Å². The number of carboxylic acid groups (broad SMARTS) is 1. The number of anilines is 1. The largest absolute Gasteiger partial charge is 0.586 e. The standard InChI is InChI=1S/C23H20F2N2O4/c1-13-6-9-20(27-21(13)16-4-3-5-17(10-16)22(28)29)26-12-14(2)15-7-8-18-19(11-15)31-23(24,25)30-18/h3-11,14H,12H2,1-2H3,(H,26,27)(H,28,29). The number of nitrogens with one attached hydrogen (secondary N) is 1. The van der Waals surface area contributed by atoms with Crippen molar-refractivity contribution in [1.82, 2.24) is 4.98 Å². The molecule has 8 heteroatoms. The summed E-state index contributed by atoms with van der Waals surface area (Å²) in [7, 11) is 0. The lowest BCUT2D eigenvalue weighted by Crippen LogP contribution is -2.25. The minimum absolute atomic E-state index is 0.0161. The molecule has 0 amide bonds. The van der Waals surface area contributed by atoms with E-state index in [2.05, 4.69) is 19.8 Å². The van der Waals surface area contributed by atoms with Crippen LogP contribution in [0.15, 0.2) is 54.6 Å². The molecule has 0 aliphatic carbocycles. The Morgan fingerprint density at radius 1 is 1.13 bits per heavy atom. The zero-order chi connectivity index (χ0) is 22.2. The van der Waals surface area contributed by atoms with E-state index in [0.717, 1.165) is 11.1 Å². The Hall–Kier alpha value is -3.68. The van der Waals surface area contributed by atoms with Crippen LogP contribution in [0.25, 0.3) is 11.3 Å². The second kappa shape index (κ2) is 7.86. The maximum absolute atomic E-state index is 13.2. The summed E-state index contributed by atoms with van der Waals surface area (Å²) in [5.74, 6) is -0.361. The highest BCUT2D eigenvalue weighted by Gasteiger charge is 2.43. The van der Waals surface area contributed by atoms with E-state index >= 15 is 0 Å². The summed E-state index contributed by atoms with van der Waals surface area (Å²) >= 11 is 0. The average Bonchev–Trinajstić information content (AvgIpc) is 3.05. The van der Waals surface area contributed by atoms with Crippen LogP contribution in [0.2, 0.25) is 0 Å². The maximum Gasteiger partial charge on any atom is 0.586 e. The van der Waals surface area contributed by atoms with Gasteiger partial charge in [-0.1, -0.05) is 31.2 Å². The Labute approximate surface area is 177 Å². The molecular weight excluding hydrogens is 406 g/mol. The first-order chi connectivity index (χ1) is 14.7. The van der Waals surface area contributed by atoms with E-state index in [1.165, 1.54) is 12.1 Å². The number of carbonyl (C=O) groups is 1. The Morgan fingerprint density at radius 3 is 2.68 bits per heavy atom. The van der Waals surface area contributed by atoms with Gasteiger partial charge in [-0.3, -0.25) is 0 Å². The molecule has 1 aliphatic rings. The predicted molar refractivity (Wildman–Crippen MR) is 111 cm³/mol. The molecule has 1 aromatic heterocycles. The van der Waals surface area contributed by atoms with Crippen LogP contribution in [-0.2, 0) is 0 Å². The fraction of sp³-hybridized carbons (Fsp3) is 0.217. The highest BCUT2D eigenvalue weighted by Crippen LogP contribution is 2.42. The minimum atomic E-state index is -3.64. The summed E-state index contributed by atoms with van der Waals surface area (Å²) < 4.78 is 35.4. The number of aromatic nitrogens is 1. The number of fused-ring (bicyclic) bond motifs is 1. The number of nitrogens with zero attached hydrogens (tertiary/aromatic N) is 1. The number of aromatic carboxylic acids is 1. The summed E-state index contributed by atoms with van der Waals surface area (Å²) in [6.07, 6.45) is -3.64. The molecule has 31 heavy (non-hydrogen) atoms. The zero-order valence-corrected chi connectivity index (χ0v) is 16.9. The lowest BCUT2D eigenvalue weighted by molar-refractivity contribution is -0.286. The first-order valence-corrected chi connectivity index (χ1v) is 9.67. The summed E-state index contributed by atoms with van der Waals surface area (Å²) in [4.78, 5) is 15.9. The summed E-state index contributed by atoms with van der Waals surface area (Å²) in [5.41, 5.74) is 3.32. The van der Waals surface area contributed by atoms with Crippen molar-refractivity contribution in [2.24, 2.45) is 0 Å². The van der Waals surface area contributed by atoms with Gasteiger partial charge >= 0.3 is 12.3 Å². The number of aryl methyl sites for hydroxylation is 1. The van der Waals surface area contributed by atoms with E-state index in [0.29, 0.717) is 23.6 Å². The quantitative estimate of drug-likeness (QED) is 0.557. The maximum atomic E-state index is 13.2. The van der Waals surface area contributed by atoms with Crippen LogP contribution < -0.4 is 14.8 Å². The number of rotatable bonds is 6. The molecule has 2 heterocycles. The smallest absolute Gasteiger partial charge is 0.478 e. The fourth-order valence-corrected chi connectivity index (χ4v) is 3.37. The predicted octanol–water partition coefficient (Wildman–Crippen LogP) is 5.29. The van der Waals surface area contributed by atoms with Crippen molar-refractivity contribution in [3.63, 3.8) is 0 Å². The molecule has 0 radical (unpaired) electrons. The van der Waals surface area contributed by atoms with Gasteiger partial charge in [-0.25, -0.2) is 9.78 Å². The molecule has 1 aliphatic heterocycles. The van der Waals surface area contributed by atoms with E-state index in [-0.39, 0.29) is 23.0 Å². The van der Waals surface area contributed by atoms with Crippen molar-refractivity contribution in [3.8, 4) is 22.8 Å². The van der Waals surface area contributed by atoms with Gasteiger partial charge in [0.15, 0.2) is 11.5 Å². The number of ether oxygens (including phenoxy) is 2. The van der Waals surface area contributed by atoms with E-state index < -0.39 is 12.3 Å². The molecule has 0 spiro atoms. The molecule has 4 rings (SSSR count). The third-order valence-electron chi connectivity index (χ3n) is 5.06. The van der Waals surface area contributed by atoms with Crippen molar-refractivity contribution in [3.05, 3.63) is 71.3 Å². The van der Waals surface area contributed by atoms with Crippen LogP contribution >= 0.6 is 0 Å². The molecule has 0 bridgehead atoms. The van der Waals surface area contributed by atoms with Gasteiger partial charge in [-0.05, 0) is 54.3 Å². The molecule has 160 valence electrons. The molecule has 3 aromatic rings. The minimum Gasteiger partial charge on any atom is -0.478 e. The van der Waals surface area contributed by atoms with Gasteiger partial charge in [0.1, 0.15) is 5.82 Å². The number of carboxylic acids is 1. The Kier molecular flexibility index (Phi) is 5.22. The fourth-order valence-electron chi connectivity index (χ4n) is 3.37. The lowest BCUT2D eigenvalue weighted by atomic mass is 10.0. The van der Waals surface area contributed by atoms with Gasteiger partial charge in [0.05, 0.1) is 11.3 Å². The van der Waals surface area contributed by atoms with Crippen molar-refractivity contribution in [2.45, 2.75) is 26.1 Å². The zero-order valence-electron chi connectivity index (χ0n) is 16.9. The van der Waals surface area contributed by atoms with E-state index in [1.807, 2.05) is 32.0 Å². The van der Waals surface area contributed by atoms with Gasteiger partial charge in [-0.2, -0.15) is 0 Å². The average molecular weight is 426 g/mol. The monoisotopic (exact) mass is 426 g/mol. The van der Waals surface area contributed by atoms with Gasteiger partial charge in [0.25, 0.3) is 0 Å². The molecule has 1 atom stereocenters. The number of halogens is 2. The van der Waals surface area contributed by atoms with Gasteiger partial charge in [0, 0.05) is 12.1 Å². The molecule has 2 N–H and O–H groups in total. The van der Waals surface area contributed by atoms with Crippen molar-refractivity contribution >= 4 is 11.8 Å². The van der Waals surface area contributed by atoms with Crippen LogP contribution in [0.1, 0.15) is 34.3 Å². The Morgan fingerprint density at radius 2 is 1.90 bits per heavy atom. The number of hydrogen-bond donors (Lipinski definition) is 2. The molecule has 0 saturated carbocycles. The first-order valence-electron chi connectivity index (χ1n) is 9.67. The normalized spacial score (nSPS) is 14.8. The topological polar surface area (TPSA) is 80.7 Å². The summed E-state index contributed by atoms with van der Waals surface area (Å²) in [6.45, 7) is 4.36. The molecule has 2 aromatic carbocycles. The second-order valence-electron chi connectivity index (χ2n) is 7.40. The highest BCUT2D eigenvalue weighted by atomic mass is 19.3. The Balaban J connectivity index is 1.49. The van der Waals surface area contributed by atoms with Crippen LogP contribution in [0.5, 0.6) is 11.5 Å². The van der Waals surface area contributed by atoms with Crippen molar-refractivity contribution in [1.29, 1.82) is 0 Å². The first kappa shape index (κ1) is 20.6.